The molecule has 0 aromatic carbocycles. The minimum atomic E-state index is -0.0222. The molecule has 0 aliphatic carbocycles. The summed E-state index contributed by atoms with van der Waals surface area (Å²) in [5, 5.41) is 4.86. The summed E-state index contributed by atoms with van der Waals surface area (Å²) in [6.45, 7) is 1.74. The molecule has 23 heavy (non-hydrogen) atoms. The zero-order valence-electron chi connectivity index (χ0n) is 13.3. The van der Waals surface area contributed by atoms with E-state index in [1.165, 1.54) is 0 Å². The number of carbonyl (C=O) groups is 1. The van der Waals surface area contributed by atoms with E-state index in [1.54, 1.807) is 29.3 Å². The van der Waals surface area contributed by atoms with Crippen LogP contribution in [0.25, 0.3) is 0 Å². The largest absolute Gasteiger partial charge is 0.370 e. The van der Waals surface area contributed by atoms with E-state index in [0.29, 0.717) is 10.7 Å². The molecule has 6 nitrogen and oxygen atoms in total. The van der Waals surface area contributed by atoms with Crippen molar-refractivity contribution in [2.24, 2.45) is 7.05 Å². The van der Waals surface area contributed by atoms with Gasteiger partial charge in [0.2, 0.25) is 0 Å². The van der Waals surface area contributed by atoms with Crippen LogP contribution >= 0.6 is 11.6 Å². The van der Waals surface area contributed by atoms with Gasteiger partial charge in [0.1, 0.15) is 5.69 Å². The topological polar surface area (TPSA) is 54.3 Å². The summed E-state index contributed by atoms with van der Waals surface area (Å²) < 4.78 is 1.65. The van der Waals surface area contributed by atoms with Crippen molar-refractivity contribution in [3.8, 4) is 0 Å². The molecule has 1 saturated heterocycles. The lowest BCUT2D eigenvalue weighted by Gasteiger charge is -2.37. The first kappa shape index (κ1) is 15.8. The number of piperidine rings is 1. The van der Waals surface area contributed by atoms with Crippen molar-refractivity contribution in [2.45, 2.75) is 18.9 Å². The Labute approximate surface area is 140 Å². The summed E-state index contributed by atoms with van der Waals surface area (Å²) in [7, 11) is 3.67. The number of carbonyl (C=O) groups excluding carboxylic acids is 1. The Balaban J connectivity index is 1.62. The second kappa shape index (κ2) is 6.58. The number of aryl methyl sites for hydroxylation is 1. The standard InChI is InChI=1S/C16H20ClN5O/c1-20-8-6-14(19-20)16(23)21(2)12-4-9-22(10-5-12)15-3-7-18-11-13(15)17/h3,6-8,11-12H,4-5,9-10H2,1-2H3. The zero-order valence-corrected chi connectivity index (χ0v) is 14.1. The minimum absolute atomic E-state index is 0.0222. The van der Waals surface area contributed by atoms with Gasteiger partial charge in [0.25, 0.3) is 5.91 Å². The highest BCUT2D eigenvalue weighted by molar-refractivity contribution is 6.33. The van der Waals surface area contributed by atoms with Crippen molar-refractivity contribution in [1.82, 2.24) is 19.7 Å². The third-order valence-corrected chi connectivity index (χ3v) is 4.65. The Kier molecular flexibility index (Phi) is 4.52. The van der Waals surface area contributed by atoms with E-state index in [1.807, 2.05) is 25.1 Å². The van der Waals surface area contributed by atoms with Crippen LogP contribution in [0.5, 0.6) is 0 Å². The summed E-state index contributed by atoms with van der Waals surface area (Å²) in [5.41, 5.74) is 1.51. The number of halogens is 1. The molecule has 0 spiro atoms. The monoisotopic (exact) mass is 333 g/mol. The Hall–Kier alpha value is -2.08. The maximum atomic E-state index is 12.5. The average molecular weight is 334 g/mol. The highest BCUT2D eigenvalue weighted by Crippen LogP contribution is 2.28. The normalized spacial score (nSPS) is 15.7. The van der Waals surface area contributed by atoms with Crippen molar-refractivity contribution in [1.29, 1.82) is 0 Å². The lowest BCUT2D eigenvalue weighted by molar-refractivity contribution is 0.0702. The summed E-state index contributed by atoms with van der Waals surface area (Å²) in [6, 6.07) is 3.91. The fourth-order valence-electron chi connectivity index (χ4n) is 2.99. The molecule has 0 bridgehead atoms. The van der Waals surface area contributed by atoms with Crippen LogP contribution in [0.15, 0.2) is 30.7 Å². The van der Waals surface area contributed by atoms with Gasteiger partial charge in [-0.25, -0.2) is 0 Å². The van der Waals surface area contributed by atoms with Gasteiger partial charge < -0.3 is 9.80 Å². The highest BCUT2D eigenvalue weighted by atomic mass is 35.5. The van der Waals surface area contributed by atoms with Crippen molar-refractivity contribution in [2.75, 3.05) is 25.0 Å². The van der Waals surface area contributed by atoms with Crippen molar-refractivity contribution in [3.05, 3.63) is 41.4 Å². The maximum absolute atomic E-state index is 12.5. The number of aromatic nitrogens is 3. The van der Waals surface area contributed by atoms with Gasteiger partial charge in [0, 0.05) is 51.8 Å². The van der Waals surface area contributed by atoms with Crippen LogP contribution in [0.1, 0.15) is 23.3 Å². The Bertz CT molecular complexity index is 693. The molecule has 7 heteroatoms. The molecule has 122 valence electrons. The number of nitrogens with zero attached hydrogens (tertiary/aromatic N) is 5. The predicted octanol–water partition coefficient (Wildman–Crippen LogP) is 2.21. The van der Waals surface area contributed by atoms with E-state index in [2.05, 4.69) is 15.0 Å². The molecule has 2 aromatic heterocycles. The molecule has 1 aliphatic heterocycles. The number of hydrogen-bond acceptors (Lipinski definition) is 4. The quantitative estimate of drug-likeness (QED) is 0.864. The van der Waals surface area contributed by atoms with Gasteiger partial charge in [-0.2, -0.15) is 5.10 Å². The fraction of sp³-hybridized carbons (Fsp3) is 0.438. The van der Waals surface area contributed by atoms with Crippen LogP contribution in [0, 0.1) is 0 Å². The predicted molar refractivity (Wildman–Crippen MR) is 89.8 cm³/mol. The van der Waals surface area contributed by atoms with Crippen molar-refractivity contribution >= 4 is 23.2 Å². The first-order valence-corrected chi connectivity index (χ1v) is 8.05. The lowest BCUT2D eigenvalue weighted by atomic mass is 10.0. The first-order valence-electron chi connectivity index (χ1n) is 7.67. The molecule has 3 rings (SSSR count). The molecule has 0 atom stereocenters. The number of amides is 1. The van der Waals surface area contributed by atoms with Crippen molar-refractivity contribution < 1.29 is 4.79 Å². The van der Waals surface area contributed by atoms with E-state index in [4.69, 9.17) is 11.6 Å². The molecular weight excluding hydrogens is 314 g/mol. The van der Waals surface area contributed by atoms with Crippen LogP contribution in [-0.2, 0) is 7.05 Å². The van der Waals surface area contributed by atoms with Crippen LogP contribution in [0.4, 0.5) is 5.69 Å². The van der Waals surface area contributed by atoms with Crippen LogP contribution in [0.3, 0.4) is 0 Å². The molecule has 0 unspecified atom stereocenters. The summed E-state index contributed by atoms with van der Waals surface area (Å²) >= 11 is 6.21. The van der Waals surface area contributed by atoms with E-state index in [-0.39, 0.29) is 11.9 Å². The van der Waals surface area contributed by atoms with Gasteiger partial charge in [-0.1, -0.05) is 11.6 Å². The molecule has 3 heterocycles. The summed E-state index contributed by atoms with van der Waals surface area (Å²) in [6.07, 6.45) is 7.03. The van der Waals surface area contributed by atoms with Crippen LogP contribution in [0.2, 0.25) is 5.02 Å². The summed E-state index contributed by atoms with van der Waals surface area (Å²) in [5.74, 6) is -0.0222. The third-order valence-electron chi connectivity index (χ3n) is 4.36. The van der Waals surface area contributed by atoms with Gasteiger partial charge in [-0.15, -0.1) is 0 Å². The SMILES string of the molecule is CN(C(=O)c1ccn(C)n1)C1CCN(c2ccncc2Cl)CC1. The Morgan fingerprint density at radius 2 is 2.09 bits per heavy atom. The molecule has 1 fully saturated rings. The zero-order chi connectivity index (χ0) is 16.4. The van der Waals surface area contributed by atoms with Gasteiger partial charge in [0.15, 0.2) is 0 Å². The Morgan fingerprint density at radius 3 is 2.70 bits per heavy atom. The molecule has 0 N–H and O–H groups in total. The average Bonchev–Trinajstić information content (AvgIpc) is 3.01. The molecule has 2 aromatic rings. The smallest absolute Gasteiger partial charge is 0.274 e. The molecule has 1 amide bonds. The molecule has 0 radical (unpaired) electrons. The van der Waals surface area contributed by atoms with Gasteiger partial charge in [-0.05, 0) is 25.0 Å². The highest BCUT2D eigenvalue weighted by Gasteiger charge is 2.27. The number of anilines is 1. The maximum Gasteiger partial charge on any atom is 0.274 e. The number of hydrogen-bond donors (Lipinski definition) is 0. The second-order valence-electron chi connectivity index (χ2n) is 5.84. The summed E-state index contributed by atoms with van der Waals surface area (Å²) in [4.78, 5) is 20.6. The molecule has 1 aliphatic rings. The van der Waals surface area contributed by atoms with Gasteiger partial charge >= 0.3 is 0 Å². The van der Waals surface area contributed by atoms with Crippen molar-refractivity contribution in [3.63, 3.8) is 0 Å². The van der Waals surface area contributed by atoms with Crippen LogP contribution in [-0.4, -0.2) is 51.8 Å². The third kappa shape index (κ3) is 3.32. The number of rotatable bonds is 3. The van der Waals surface area contributed by atoms with E-state index in [0.717, 1.165) is 31.6 Å². The first-order chi connectivity index (χ1) is 11.1. The fourth-order valence-corrected chi connectivity index (χ4v) is 3.23. The van der Waals surface area contributed by atoms with Crippen LogP contribution < -0.4 is 4.90 Å². The van der Waals surface area contributed by atoms with E-state index < -0.39 is 0 Å². The van der Waals surface area contributed by atoms with E-state index >= 15 is 0 Å². The minimum Gasteiger partial charge on any atom is -0.370 e. The van der Waals surface area contributed by atoms with Gasteiger partial charge in [-0.3, -0.25) is 14.5 Å². The second-order valence-corrected chi connectivity index (χ2v) is 6.24. The number of pyridine rings is 1. The Morgan fingerprint density at radius 1 is 1.35 bits per heavy atom. The molecular formula is C16H20ClN5O. The molecule has 0 saturated carbocycles. The van der Waals surface area contributed by atoms with E-state index in [9.17, 15) is 4.79 Å². The van der Waals surface area contributed by atoms with Gasteiger partial charge in [0.05, 0.1) is 10.7 Å². The lowest BCUT2D eigenvalue weighted by Crippen LogP contribution is -2.45.